The minimum Gasteiger partial charge on any atom is -0.349 e. The van der Waals surface area contributed by atoms with E-state index in [9.17, 15) is 9.59 Å². The summed E-state index contributed by atoms with van der Waals surface area (Å²) in [6.07, 6.45) is 1.03. The highest BCUT2D eigenvalue weighted by Gasteiger charge is 2.20. The summed E-state index contributed by atoms with van der Waals surface area (Å²) in [6, 6.07) is 0. The fraction of sp³-hybridized carbons (Fsp3) is 0.818. The van der Waals surface area contributed by atoms with Crippen molar-refractivity contribution < 1.29 is 9.59 Å². The maximum Gasteiger partial charge on any atom is 0.287 e. The summed E-state index contributed by atoms with van der Waals surface area (Å²) in [5.41, 5.74) is 0.0548. The highest BCUT2D eigenvalue weighted by molar-refractivity contribution is 6.35. The molecular formula is C11H21NO2. The van der Waals surface area contributed by atoms with Crippen molar-refractivity contribution in [3.63, 3.8) is 0 Å². The first-order chi connectivity index (χ1) is 6.24. The van der Waals surface area contributed by atoms with Gasteiger partial charge in [-0.05, 0) is 17.8 Å². The number of hydrogen-bond donors (Lipinski definition) is 1. The molecule has 0 aromatic heterocycles. The van der Waals surface area contributed by atoms with Gasteiger partial charge in [0.2, 0.25) is 5.78 Å². The van der Waals surface area contributed by atoms with Gasteiger partial charge in [0.1, 0.15) is 0 Å². The molecule has 0 aliphatic carbocycles. The molecule has 0 heterocycles. The van der Waals surface area contributed by atoms with E-state index in [1.165, 1.54) is 6.92 Å². The number of rotatable bonds is 5. The Labute approximate surface area is 86.3 Å². The third-order valence-electron chi connectivity index (χ3n) is 2.01. The fourth-order valence-electron chi connectivity index (χ4n) is 1.62. The minimum atomic E-state index is -0.484. The Kier molecular flexibility index (Phi) is 4.81. The number of hydrogen-bond acceptors (Lipinski definition) is 2. The molecular weight excluding hydrogens is 178 g/mol. The summed E-state index contributed by atoms with van der Waals surface area (Å²) < 4.78 is 0. The third kappa shape index (κ3) is 5.73. The summed E-state index contributed by atoms with van der Waals surface area (Å²) in [7, 11) is 0. The van der Waals surface area contributed by atoms with E-state index in [0.29, 0.717) is 12.5 Å². The van der Waals surface area contributed by atoms with Crippen molar-refractivity contribution in [3.8, 4) is 0 Å². The van der Waals surface area contributed by atoms with Gasteiger partial charge < -0.3 is 5.32 Å². The molecule has 0 bridgehead atoms. The SMILES string of the molecule is CC(=O)C(=O)NCC(C)(C)CC(C)C. The highest BCUT2D eigenvalue weighted by Crippen LogP contribution is 2.23. The van der Waals surface area contributed by atoms with E-state index in [2.05, 4.69) is 33.0 Å². The van der Waals surface area contributed by atoms with Gasteiger partial charge in [-0.25, -0.2) is 0 Å². The highest BCUT2D eigenvalue weighted by atomic mass is 16.2. The standard InChI is InChI=1S/C11H21NO2/c1-8(2)6-11(4,5)7-12-10(14)9(3)13/h8H,6-7H2,1-5H3,(H,12,14). The second kappa shape index (κ2) is 5.13. The molecule has 0 fully saturated rings. The lowest BCUT2D eigenvalue weighted by atomic mass is 9.84. The molecule has 0 aromatic rings. The Morgan fingerprint density at radius 1 is 1.29 bits per heavy atom. The van der Waals surface area contributed by atoms with Crippen molar-refractivity contribution in [3.05, 3.63) is 0 Å². The Morgan fingerprint density at radius 2 is 1.79 bits per heavy atom. The van der Waals surface area contributed by atoms with E-state index >= 15 is 0 Å². The van der Waals surface area contributed by atoms with Gasteiger partial charge in [-0.15, -0.1) is 0 Å². The molecule has 0 unspecified atom stereocenters. The smallest absolute Gasteiger partial charge is 0.287 e. The van der Waals surface area contributed by atoms with Crippen molar-refractivity contribution in [1.82, 2.24) is 5.32 Å². The quantitative estimate of drug-likeness (QED) is 0.686. The maximum atomic E-state index is 11.0. The van der Waals surface area contributed by atoms with Gasteiger partial charge in [-0.1, -0.05) is 27.7 Å². The average molecular weight is 199 g/mol. The van der Waals surface area contributed by atoms with Gasteiger partial charge >= 0.3 is 0 Å². The molecule has 0 aliphatic rings. The summed E-state index contributed by atoms with van der Waals surface area (Å²) in [4.78, 5) is 21.7. The zero-order chi connectivity index (χ0) is 11.4. The normalized spacial score (nSPS) is 11.6. The number of Topliss-reactive ketones (excluding diaryl/α,β-unsaturated/α-hetero) is 1. The monoisotopic (exact) mass is 199 g/mol. The molecule has 0 aromatic carbocycles. The predicted molar refractivity (Wildman–Crippen MR) is 56.9 cm³/mol. The van der Waals surface area contributed by atoms with Crippen LogP contribution in [0.1, 0.15) is 41.0 Å². The Hall–Kier alpha value is -0.860. The molecule has 0 saturated carbocycles. The van der Waals surface area contributed by atoms with Crippen LogP contribution in [0, 0.1) is 11.3 Å². The molecule has 3 heteroatoms. The van der Waals surface area contributed by atoms with E-state index < -0.39 is 11.7 Å². The summed E-state index contributed by atoms with van der Waals surface area (Å²) in [6.45, 7) is 10.3. The van der Waals surface area contributed by atoms with Gasteiger partial charge in [-0.2, -0.15) is 0 Å². The zero-order valence-electron chi connectivity index (χ0n) is 9.81. The van der Waals surface area contributed by atoms with Crippen LogP contribution in [0.2, 0.25) is 0 Å². The Morgan fingerprint density at radius 3 is 2.14 bits per heavy atom. The molecule has 14 heavy (non-hydrogen) atoms. The van der Waals surface area contributed by atoms with Crippen LogP contribution in [0.5, 0.6) is 0 Å². The van der Waals surface area contributed by atoms with E-state index in [1.54, 1.807) is 0 Å². The lowest BCUT2D eigenvalue weighted by molar-refractivity contribution is -0.136. The molecule has 1 N–H and O–H groups in total. The first-order valence-electron chi connectivity index (χ1n) is 5.03. The van der Waals surface area contributed by atoms with E-state index in [-0.39, 0.29) is 5.41 Å². The number of ketones is 1. The third-order valence-corrected chi connectivity index (χ3v) is 2.01. The van der Waals surface area contributed by atoms with Crippen molar-refractivity contribution in [2.24, 2.45) is 11.3 Å². The summed E-state index contributed by atoms with van der Waals surface area (Å²) >= 11 is 0. The molecule has 1 amide bonds. The molecule has 0 rings (SSSR count). The summed E-state index contributed by atoms with van der Waals surface area (Å²) in [5, 5.41) is 2.64. The Balaban J connectivity index is 3.98. The molecule has 0 saturated heterocycles. The van der Waals surface area contributed by atoms with Crippen LogP contribution in [0.3, 0.4) is 0 Å². The number of nitrogens with one attached hydrogen (secondary N) is 1. The minimum absolute atomic E-state index is 0.0548. The summed E-state index contributed by atoms with van der Waals surface area (Å²) in [5.74, 6) is -0.314. The van der Waals surface area contributed by atoms with Crippen LogP contribution >= 0.6 is 0 Å². The number of amides is 1. The van der Waals surface area contributed by atoms with Gasteiger partial charge in [0, 0.05) is 13.5 Å². The van der Waals surface area contributed by atoms with Crippen LogP contribution in [-0.4, -0.2) is 18.2 Å². The first-order valence-corrected chi connectivity index (χ1v) is 5.03. The van der Waals surface area contributed by atoms with Gasteiger partial charge in [0.25, 0.3) is 5.91 Å². The average Bonchev–Trinajstić information content (AvgIpc) is 1.97. The van der Waals surface area contributed by atoms with Crippen LogP contribution in [0.4, 0.5) is 0 Å². The predicted octanol–water partition coefficient (Wildman–Crippen LogP) is 1.76. The molecule has 0 spiro atoms. The van der Waals surface area contributed by atoms with E-state index in [1.807, 2.05) is 0 Å². The van der Waals surface area contributed by atoms with Crippen molar-refractivity contribution >= 4 is 11.7 Å². The van der Waals surface area contributed by atoms with E-state index in [0.717, 1.165) is 6.42 Å². The van der Waals surface area contributed by atoms with Crippen LogP contribution in [-0.2, 0) is 9.59 Å². The van der Waals surface area contributed by atoms with Gasteiger partial charge in [0.15, 0.2) is 0 Å². The van der Waals surface area contributed by atoms with Crippen LogP contribution in [0.25, 0.3) is 0 Å². The molecule has 0 radical (unpaired) electrons. The number of carbonyl (C=O) groups is 2. The van der Waals surface area contributed by atoms with Crippen LogP contribution < -0.4 is 5.32 Å². The lowest BCUT2D eigenvalue weighted by Gasteiger charge is -2.26. The zero-order valence-corrected chi connectivity index (χ0v) is 9.81. The number of carbonyl (C=O) groups excluding carboxylic acids is 2. The van der Waals surface area contributed by atoms with Gasteiger partial charge in [-0.3, -0.25) is 9.59 Å². The second-order valence-electron chi connectivity index (χ2n) is 5.00. The Bertz CT molecular complexity index is 219. The second-order valence-corrected chi connectivity index (χ2v) is 5.00. The largest absolute Gasteiger partial charge is 0.349 e. The van der Waals surface area contributed by atoms with Crippen LogP contribution in [0.15, 0.2) is 0 Å². The van der Waals surface area contributed by atoms with Gasteiger partial charge in [0.05, 0.1) is 0 Å². The first kappa shape index (κ1) is 13.1. The molecule has 82 valence electrons. The maximum absolute atomic E-state index is 11.0. The van der Waals surface area contributed by atoms with Crippen molar-refractivity contribution in [2.75, 3.05) is 6.54 Å². The molecule has 0 atom stereocenters. The van der Waals surface area contributed by atoms with E-state index in [4.69, 9.17) is 0 Å². The van der Waals surface area contributed by atoms with Crippen molar-refractivity contribution in [2.45, 2.75) is 41.0 Å². The molecule has 3 nitrogen and oxygen atoms in total. The molecule has 0 aliphatic heterocycles. The fourth-order valence-corrected chi connectivity index (χ4v) is 1.62. The topological polar surface area (TPSA) is 46.2 Å². The lowest BCUT2D eigenvalue weighted by Crippen LogP contribution is -2.37. The van der Waals surface area contributed by atoms with Crippen molar-refractivity contribution in [1.29, 1.82) is 0 Å².